The molecule has 1 amide bonds. The number of anilines is 1. The minimum atomic E-state index is -0.590. The third-order valence-electron chi connectivity index (χ3n) is 2.56. The fourth-order valence-corrected chi connectivity index (χ4v) is 1.77. The standard InChI is InChI=1S/C13H8FNO2/c14-8-4-3-7-11-12(8)13(16)15-9-5-1-2-6-10(9)17-11/h1-7H,(H,15,16). The Labute approximate surface area is 96.8 Å². The molecule has 2 aromatic rings. The molecule has 0 aliphatic carbocycles. The Morgan fingerprint density at radius 2 is 1.76 bits per heavy atom. The van der Waals surface area contributed by atoms with E-state index in [1.54, 1.807) is 30.3 Å². The van der Waals surface area contributed by atoms with Crippen LogP contribution in [-0.2, 0) is 0 Å². The van der Waals surface area contributed by atoms with Crippen LogP contribution in [0.4, 0.5) is 10.1 Å². The highest BCUT2D eigenvalue weighted by atomic mass is 19.1. The smallest absolute Gasteiger partial charge is 0.262 e. The van der Waals surface area contributed by atoms with E-state index in [2.05, 4.69) is 5.32 Å². The summed E-state index contributed by atoms with van der Waals surface area (Å²) in [5.74, 6) is -0.353. The zero-order valence-electron chi connectivity index (χ0n) is 8.74. The lowest BCUT2D eigenvalue weighted by atomic mass is 10.2. The average Bonchev–Trinajstić information content (AvgIpc) is 2.45. The van der Waals surface area contributed by atoms with Gasteiger partial charge in [0.25, 0.3) is 5.91 Å². The average molecular weight is 229 g/mol. The molecular weight excluding hydrogens is 221 g/mol. The third kappa shape index (κ3) is 1.54. The lowest BCUT2D eigenvalue weighted by molar-refractivity contribution is 0.102. The molecule has 2 aromatic carbocycles. The van der Waals surface area contributed by atoms with Gasteiger partial charge < -0.3 is 10.1 Å². The molecule has 4 heteroatoms. The highest BCUT2D eigenvalue weighted by Crippen LogP contribution is 2.35. The Kier molecular flexibility index (Phi) is 2.08. The summed E-state index contributed by atoms with van der Waals surface area (Å²) in [5.41, 5.74) is 0.469. The predicted octanol–water partition coefficient (Wildman–Crippen LogP) is 3.18. The van der Waals surface area contributed by atoms with Gasteiger partial charge in [-0.1, -0.05) is 18.2 Å². The maximum Gasteiger partial charge on any atom is 0.262 e. The first-order chi connectivity index (χ1) is 8.25. The second kappa shape index (κ2) is 3.59. The predicted molar refractivity (Wildman–Crippen MR) is 60.9 cm³/mol. The van der Waals surface area contributed by atoms with E-state index in [1.165, 1.54) is 12.1 Å². The molecule has 0 aromatic heterocycles. The molecule has 1 aliphatic heterocycles. The van der Waals surface area contributed by atoms with E-state index in [9.17, 15) is 9.18 Å². The summed E-state index contributed by atoms with van der Waals surface area (Å²) in [6.45, 7) is 0. The SMILES string of the molecule is O=C1Nc2ccccc2Oc2cccc(F)c21. The fraction of sp³-hybridized carbons (Fsp3) is 0. The quantitative estimate of drug-likeness (QED) is 0.753. The Morgan fingerprint density at radius 3 is 2.65 bits per heavy atom. The van der Waals surface area contributed by atoms with Crippen molar-refractivity contribution in [2.24, 2.45) is 0 Å². The van der Waals surface area contributed by atoms with Gasteiger partial charge in [-0.2, -0.15) is 0 Å². The number of rotatable bonds is 0. The number of carbonyl (C=O) groups is 1. The van der Waals surface area contributed by atoms with E-state index >= 15 is 0 Å². The van der Waals surface area contributed by atoms with Crippen LogP contribution >= 0.6 is 0 Å². The van der Waals surface area contributed by atoms with Crippen LogP contribution in [0.25, 0.3) is 0 Å². The molecule has 0 saturated carbocycles. The number of benzene rings is 2. The van der Waals surface area contributed by atoms with Crippen LogP contribution in [0.1, 0.15) is 10.4 Å². The van der Waals surface area contributed by atoms with Crippen LogP contribution in [0, 0.1) is 5.82 Å². The third-order valence-corrected chi connectivity index (χ3v) is 2.56. The number of nitrogens with one attached hydrogen (secondary N) is 1. The van der Waals surface area contributed by atoms with Gasteiger partial charge in [-0.25, -0.2) is 4.39 Å². The van der Waals surface area contributed by atoms with Crippen LogP contribution in [0.2, 0.25) is 0 Å². The van der Waals surface area contributed by atoms with Crippen molar-refractivity contribution in [3.63, 3.8) is 0 Å². The Hall–Kier alpha value is -2.36. The molecule has 1 aliphatic rings. The molecular formula is C13H8FNO2. The number of fused-ring (bicyclic) bond motifs is 2. The number of para-hydroxylation sites is 2. The monoisotopic (exact) mass is 229 g/mol. The van der Waals surface area contributed by atoms with Crippen LogP contribution in [-0.4, -0.2) is 5.91 Å². The van der Waals surface area contributed by atoms with Gasteiger partial charge in [-0.05, 0) is 24.3 Å². The Bertz CT molecular complexity index is 610. The number of hydrogen-bond donors (Lipinski definition) is 1. The first kappa shape index (κ1) is 9.84. The molecule has 3 nitrogen and oxygen atoms in total. The summed E-state index contributed by atoms with van der Waals surface area (Å²) >= 11 is 0. The number of hydrogen-bond acceptors (Lipinski definition) is 2. The lowest BCUT2D eigenvalue weighted by Crippen LogP contribution is -2.12. The molecule has 1 heterocycles. The van der Waals surface area contributed by atoms with E-state index in [-0.39, 0.29) is 11.3 Å². The normalized spacial score (nSPS) is 12.9. The minimum absolute atomic E-state index is 0.0660. The lowest BCUT2D eigenvalue weighted by Gasteiger charge is -2.06. The maximum atomic E-state index is 13.6. The molecule has 0 unspecified atom stereocenters. The summed E-state index contributed by atoms with van der Waals surface area (Å²) in [7, 11) is 0. The summed E-state index contributed by atoms with van der Waals surface area (Å²) in [6, 6.07) is 11.3. The first-order valence-electron chi connectivity index (χ1n) is 5.12. The fourth-order valence-electron chi connectivity index (χ4n) is 1.77. The Morgan fingerprint density at radius 1 is 1.00 bits per heavy atom. The van der Waals surface area contributed by atoms with Crippen molar-refractivity contribution in [2.75, 3.05) is 5.32 Å². The van der Waals surface area contributed by atoms with Gasteiger partial charge in [0.05, 0.1) is 5.69 Å². The van der Waals surface area contributed by atoms with Crippen molar-refractivity contribution in [2.45, 2.75) is 0 Å². The molecule has 84 valence electrons. The van der Waals surface area contributed by atoms with Gasteiger partial charge in [-0.15, -0.1) is 0 Å². The zero-order valence-corrected chi connectivity index (χ0v) is 8.74. The van der Waals surface area contributed by atoms with E-state index < -0.39 is 11.7 Å². The minimum Gasteiger partial charge on any atom is -0.454 e. The molecule has 0 spiro atoms. The Balaban J connectivity index is 2.21. The van der Waals surface area contributed by atoms with Crippen molar-refractivity contribution >= 4 is 11.6 Å². The number of ether oxygens (including phenoxy) is 1. The molecule has 17 heavy (non-hydrogen) atoms. The van der Waals surface area contributed by atoms with Gasteiger partial charge >= 0.3 is 0 Å². The molecule has 0 atom stereocenters. The van der Waals surface area contributed by atoms with E-state index in [0.717, 1.165) is 0 Å². The summed E-state index contributed by atoms with van der Waals surface area (Å²) < 4.78 is 19.1. The van der Waals surface area contributed by atoms with Crippen molar-refractivity contribution < 1.29 is 13.9 Å². The molecule has 0 saturated heterocycles. The number of amides is 1. The van der Waals surface area contributed by atoms with E-state index in [0.29, 0.717) is 11.4 Å². The topological polar surface area (TPSA) is 38.3 Å². The second-order valence-corrected chi connectivity index (χ2v) is 3.67. The molecule has 0 fully saturated rings. The van der Waals surface area contributed by atoms with Crippen molar-refractivity contribution in [3.8, 4) is 11.5 Å². The molecule has 3 rings (SSSR count). The van der Waals surface area contributed by atoms with Crippen molar-refractivity contribution in [1.82, 2.24) is 0 Å². The largest absolute Gasteiger partial charge is 0.454 e. The van der Waals surface area contributed by atoms with Gasteiger partial charge in [0.15, 0.2) is 5.75 Å². The molecule has 0 bridgehead atoms. The maximum absolute atomic E-state index is 13.6. The van der Waals surface area contributed by atoms with Crippen LogP contribution in [0.3, 0.4) is 0 Å². The molecule has 0 radical (unpaired) electrons. The highest BCUT2D eigenvalue weighted by Gasteiger charge is 2.23. The zero-order chi connectivity index (χ0) is 11.8. The second-order valence-electron chi connectivity index (χ2n) is 3.67. The van der Waals surface area contributed by atoms with Crippen molar-refractivity contribution in [3.05, 3.63) is 53.8 Å². The van der Waals surface area contributed by atoms with Gasteiger partial charge in [-0.3, -0.25) is 4.79 Å². The van der Waals surface area contributed by atoms with E-state index in [4.69, 9.17) is 4.74 Å². The number of halogens is 1. The summed E-state index contributed by atoms with van der Waals surface area (Å²) in [6.07, 6.45) is 0. The van der Waals surface area contributed by atoms with Crippen LogP contribution < -0.4 is 10.1 Å². The van der Waals surface area contributed by atoms with Gasteiger partial charge in [0.1, 0.15) is 17.1 Å². The van der Waals surface area contributed by atoms with E-state index in [1.807, 2.05) is 0 Å². The molecule has 1 N–H and O–H groups in total. The summed E-state index contributed by atoms with van der Waals surface area (Å²) in [5, 5.41) is 2.62. The van der Waals surface area contributed by atoms with Gasteiger partial charge in [0, 0.05) is 0 Å². The van der Waals surface area contributed by atoms with Gasteiger partial charge in [0.2, 0.25) is 0 Å². The number of carbonyl (C=O) groups excluding carboxylic acids is 1. The first-order valence-corrected chi connectivity index (χ1v) is 5.12. The highest BCUT2D eigenvalue weighted by molar-refractivity contribution is 6.08. The summed E-state index contributed by atoms with van der Waals surface area (Å²) in [4.78, 5) is 11.9. The van der Waals surface area contributed by atoms with Crippen LogP contribution in [0.15, 0.2) is 42.5 Å². The van der Waals surface area contributed by atoms with Crippen molar-refractivity contribution in [1.29, 1.82) is 0 Å². The van der Waals surface area contributed by atoms with Crippen LogP contribution in [0.5, 0.6) is 11.5 Å².